The maximum absolute atomic E-state index is 4.86. The Hall–Kier alpha value is -2.66. The molecule has 0 N–H and O–H groups in total. The standard InChI is InChI=1S/C24H31N5/c1-4-7-20-16-23(21-8-5-6-9-22(21)26-20)28-12-14-29(15-13-28)24-11-10-19(17-25-24)18-27(2)3/h5-6,8-11,16-17H,4,7,12-15,18H2,1-3H3. The minimum absolute atomic E-state index is 0.927. The first-order valence-electron chi connectivity index (χ1n) is 10.6. The van der Waals surface area contributed by atoms with Crippen molar-refractivity contribution in [2.24, 2.45) is 0 Å². The molecule has 0 bridgehead atoms. The molecule has 3 aromatic rings. The molecule has 4 rings (SSSR count). The van der Waals surface area contributed by atoms with E-state index in [-0.39, 0.29) is 0 Å². The molecule has 1 saturated heterocycles. The number of rotatable bonds is 6. The number of anilines is 2. The van der Waals surface area contributed by atoms with Crippen LogP contribution in [0.4, 0.5) is 11.5 Å². The second-order valence-electron chi connectivity index (χ2n) is 8.14. The van der Waals surface area contributed by atoms with Crippen LogP contribution in [0.25, 0.3) is 10.9 Å². The lowest BCUT2D eigenvalue weighted by Crippen LogP contribution is -2.47. The van der Waals surface area contributed by atoms with E-state index in [1.54, 1.807) is 0 Å². The smallest absolute Gasteiger partial charge is 0.128 e. The molecule has 1 aromatic carbocycles. The number of fused-ring (bicyclic) bond motifs is 1. The first-order valence-corrected chi connectivity index (χ1v) is 10.6. The van der Waals surface area contributed by atoms with Crippen LogP contribution in [0, 0.1) is 0 Å². The maximum Gasteiger partial charge on any atom is 0.128 e. The van der Waals surface area contributed by atoms with E-state index in [9.17, 15) is 0 Å². The average Bonchev–Trinajstić information content (AvgIpc) is 2.74. The second-order valence-corrected chi connectivity index (χ2v) is 8.14. The van der Waals surface area contributed by atoms with Crippen molar-refractivity contribution in [3.8, 4) is 0 Å². The molecule has 0 amide bonds. The quantitative estimate of drug-likeness (QED) is 0.637. The van der Waals surface area contributed by atoms with Gasteiger partial charge in [0.2, 0.25) is 0 Å². The highest BCUT2D eigenvalue weighted by Gasteiger charge is 2.20. The van der Waals surface area contributed by atoms with Gasteiger partial charge >= 0.3 is 0 Å². The summed E-state index contributed by atoms with van der Waals surface area (Å²) in [4.78, 5) is 16.7. The van der Waals surface area contributed by atoms with E-state index in [1.165, 1.54) is 22.3 Å². The van der Waals surface area contributed by atoms with Crippen molar-refractivity contribution in [1.82, 2.24) is 14.9 Å². The summed E-state index contributed by atoms with van der Waals surface area (Å²) < 4.78 is 0. The number of aryl methyl sites for hydroxylation is 1. The van der Waals surface area contributed by atoms with Gasteiger partial charge in [-0.1, -0.05) is 37.6 Å². The Kier molecular flexibility index (Phi) is 5.95. The lowest BCUT2D eigenvalue weighted by molar-refractivity contribution is 0.402. The van der Waals surface area contributed by atoms with Gasteiger partial charge in [-0.2, -0.15) is 0 Å². The number of hydrogen-bond donors (Lipinski definition) is 0. The fourth-order valence-electron chi connectivity index (χ4n) is 4.10. The van der Waals surface area contributed by atoms with E-state index in [0.29, 0.717) is 0 Å². The van der Waals surface area contributed by atoms with Crippen molar-refractivity contribution in [3.05, 3.63) is 59.9 Å². The molecule has 1 fully saturated rings. The largest absolute Gasteiger partial charge is 0.367 e. The van der Waals surface area contributed by atoms with Crippen molar-refractivity contribution in [3.63, 3.8) is 0 Å². The molecular weight excluding hydrogens is 358 g/mol. The number of piperazine rings is 1. The zero-order chi connectivity index (χ0) is 20.2. The summed E-state index contributed by atoms with van der Waals surface area (Å²) >= 11 is 0. The monoisotopic (exact) mass is 389 g/mol. The summed E-state index contributed by atoms with van der Waals surface area (Å²) in [7, 11) is 4.17. The van der Waals surface area contributed by atoms with E-state index in [2.05, 4.69) is 78.2 Å². The van der Waals surface area contributed by atoms with Gasteiger partial charge in [0, 0.05) is 55.7 Å². The summed E-state index contributed by atoms with van der Waals surface area (Å²) in [6.07, 6.45) is 4.16. The van der Waals surface area contributed by atoms with Gasteiger partial charge in [-0.05, 0) is 44.3 Å². The fraction of sp³-hybridized carbons (Fsp3) is 0.417. The molecule has 0 unspecified atom stereocenters. The zero-order valence-electron chi connectivity index (χ0n) is 17.8. The highest BCUT2D eigenvalue weighted by molar-refractivity contribution is 5.92. The van der Waals surface area contributed by atoms with Crippen LogP contribution < -0.4 is 9.80 Å². The third-order valence-electron chi connectivity index (χ3n) is 5.51. The van der Waals surface area contributed by atoms with Gasteiger partial charge in [-0.3, -0.25) is 4.98 Å². The highest BCUT2D eigenvalue weighted by atomic mass is 15.3. The molecule has 1 aliphatic rings. The fourth-order valence-corrected chi connectivity index (χ4v) is 4.10. The number of para-hydroxylation sites is 1. The molecule has 152 valence electrons. The van der Waals surface area contributed by atoms with Gasteiger partial charge in [0.05, 0.1) is 5.52 Å². The first kappa shape index (κ1) is 19.6. The van der Waals surface area contributed by atoms with E-state index in [4.69, 9.17) is 9.97 Å². The number of aromatic nitrogens is 2. The molecule has 0 aliphatic carbocycles. The summed E-state index contributed by atoms with van der Waals surface area (Å²) in [6.45, 7) is 7.11. The van der Waals surface area contributed by atoms with Crippen LogP contribution in [-0.2, 0) is 13.0 Å². The topological polar surface area (TPSA) is 35.5 Å². The predicted molar refractivity (Wildman–Crippen MR) is 122 cm³/mol. The van der Waals surface area contributed by atoms with Crippen LogP contribution in [0.5, 0.6) is 0 Å². The molecule has 3 heterocycles. The summed E-state index contributed by atoms with van der Waals surface area (Å²) in [5.41, 5.74) is 4.88. The minimum atomic E-state index is 0.927. The molecule has 0 spiro atoms. The molecule has 5 nitrogen and oxygen atoms in total. The third-order valence-corrected chi connectivity index (χ3v) is 5.51. The molecule has 29 heavy (non-hydrogen) atoms. The molecule has 2 aromatic heterocycles. The number of pyridine rings is 2. The molecule has 0 radical (unpaired) electrons. The van der Waals surface area contributed by atoms with Crippen molar-refractivity contribution in [2.75, 3.05) is 50.1 Å². The Bertz CT molecular complexity index is 943. The molecule has 0 saturated carbocycles. The van der Waals surface area contributed by atoms with Crippen molar-refractivity contribution in [1.29, 1.82) is 0 Å². The second kappa shape index (κ2) is 8.78. The predicted octanol–water partition coefficient (Wildman–Crippen LogP) is 3.97. The van der Waals surface area contributed by atoms with Crippen LogP contribution in [0.15, 0.2) is 48.7 Å². The number of hydrogen-bond acceptors (Lipinski definition) is 5. The van der Waals surface area contributed by atoms with Crippen LogP contribution in [0.3, 0.4) is 0 Å². The van der Waals surface area contributed by atoms with Crippen molar-refractivity contribution < 1.29 is 0 Å². The van der Waals surface area contributed by atoms with Gasteiger partial charge in [0.15, 0.2) is 0 Å². The van der Waals surface area contributed by atoms with Gasteiger partial charge in [0.25, 0.3) is 0 Å². The van der Waals surface area contributed by atoms with E-state index in [1.807, 2.05) is 6.20 Å². The first-order chi connectivity index (χ1) is 14.1. The summed E-state index contributed by atoms with van der Waals surface area (Å²) in [6, 6.07) is 15.2. The maximum atomic E-state index is 4.86. The Morgan fingerprint density at radius 1 is 0.966 bits per heavy atom. The van der Waals surface area contributed by atoms with Gasteiger partial charge in [-0.15, -0.1) is 0 Å². The number of benzene rings is 1. The van der Waals surface area contributed by atoms with Crippen molar-refractivity contribution >= 4 is 22.4 Å². The lowest BCUT2D eigenvalue weighted by atomic mass is 10.1. The molecule has 0 atom stereocenters. The lowest BCUT2D eigenvalue weighted by Gasteiger charge is -2.37. The summed E-state index contributed by atoms with van der Waals surface area (Å²) in [5, 5.41) is 1.26. The van der Waals surface area contributed by atoms with Gasteiger partial charge in [0.1, 0.15) is 5.82 Å². The summed E-state index contributed by atoms with van der Waals surface area (Å²) in [5.74, 6) is 1.08. The Morgan fingerprint density at radius 3 is 2.41 bits per heavy atom. The molecule has 1 aliphatic heterocycles. The molecule has 5 heteroatoms. The highest BCUT2D eigenvalue weighted by Crippen LogP contribution is 2.29. The zero-order valence-corrected chi connectivity index (χ0v) is 17.8. The number of nitrogens with zero attached hydrogens (tertiary/aromatic N) is 5. The average molecular weight is 390 g/mol. The van der Waals surface area contributed by atoms with Crippen LogP contribution >= 0.6 is 0 Å². The Labute approximate surface area is 174 Å². The van der Waals surface area contributed by atoms with E-state index in [0.717, 1.165) is 56.9 Å². The van der Waals surface area contributed by atoms with E-state index < -0.39 is 0 Å². The van der Waals surface area contributed by atoms with E-state index >= 15 is 0 Å². The molecular formula is C24H31N5. The van der Waals surface area contributed by atoms with Crippen LogP contribution in [0.1, 0.15) is 24.6 Å². The van der Waals surface area contributed by atoms with Crippen molar-refractivity contribution in [2.45, 2.75) is 26.3 Å². The normalized spacial score (nSPS) is 14.8. The Balaban J connectivity index is 1.49. The minimum Gasteiger partial charge on any atom is -0.367 e. The SMILES string of the molecule is CCCc1cc(N2CCN(c3ccc(CN(C)C)cn3)CC2)c2ccccc2n1. The van der Waals surface area contributed by atoms with Crippen LogP contribution in [0.2, 0.25) is 0 Å². The Morgan fingerprint density at radius 2 is 1.72 bits per heavy atom. The van der Waals surface area contributed by atoms with Gasteiger partial charge < -0.3 is 14.7 Å². The van der Waals surface area contributed by atoms with Gasteiger partial charge in [-0.25, -0.2) is 4.98 Å². The third kappa shape index (κ3) is 4.51. The van der Waals surface area contributed by atoms with Crippen LogP contribution in [-0.4, -0.2) is 55.1 Å².